The number of unbranched alkanes of at least 4 members (excludes halogenated alkanes) is 1. The fourth-order valence-electron chi connectivity index (χ4n) is 3.11. The van der Waals surface area contributed by atoms with Gasteiger partial charge in [0.2, 0.25) is 0 Å². The van der Waals surface area contributed by atoms with Crippen molar-refractivity contribution in [2.45, 2.75) is 96.6 Å². The maximum absolute atomic E-state index is 9.30. The number of ether oxygens (including phenoxy) is 2. The van der Waals surface area contributed by atoms with Crippen LogP contribution < -0.4 is 5.32 Å². The van der Waals surface area contributed by atoms with Crippen molar-refractivity contribution in [3.63, 3.8) is 0 Å². The van der Waals surface area contributed by atoms with E-state index in [9.17, 15) is 5.26 Å². The zero-order valence-corrected chi connectivity index (χ0v) is 14.3. The van der Waals surface area contributed by atoms with Crippen molar-refractivity contribution >= 4 is 0 Å². The third-order valence-corrected chi connectivity index (χ3v) is 3.93. The van der Waals surface area contributed by atoms with E-state index in [-0.39, 0.29) is 0 Å². The molecule has 1 saturated heterocycles. The second kappa shape index (κ2) is 8.73. The van der Waals surface area contributed by atoms with Crippen LogP contribution in [-0.2, 0) is 9.47 Å². The zero-order valence-electron chi connectivity index (χ0n) is 14.3. The van der Waals surface area contributed by atoms with Crippen LogP contribution in [0.2, 0.25) is 0 Å². The Labute approximate surface area is 130 Å². The zero-order chi connectivity index (χ0) is 15.9. The van der Waals surface area contributed by atoms with Gasteiger partial charge in [-0.25, -0.2) is 0 Å². The molecule has 3 atom stereocenters. The predicted molar refractivity (Wildman–Crippen MR) is 85.1 cm³/mol. The monoisotopic (exact) mass is 296 g/mol. The molecule has 0 aromatic rings. The topological polar surface area (TPSA) is 54.3 Å². The Kier molecular flexibility index (Phi) is 7.65. The number of hydrogen-bond donors (Lipinski definition) is 1. The molecule has 0 radical (unpaired) electrons. The molecule has 1 aliphatic rings. The minimum Gasteiger partial charge on any atom is -0.378 e. The Morgan fingerprint density at radius 2 is 1.90 bits per heavy atom. The van der Waals surface area contributed by atoms with E-state index < -0.39 is 5.54 Å². The molecule has 0 saturated carbocycles. The fourth-order valence-corrected chi connectivity index (χ4v) is 3.11. The lowest BCUT2D eigenvalue weighted by Crippen LogP contribution is -2.44. The van der Waals surface area contributed by atoms with Gasteiger partial charge < -0.3 is 9.47 Å². The smallest absolute Gasteiger partial charge is 0.104 e. The van der Waals surface area contributed by atoms with Crippen molar-refractivity contribution < 1.29 is 9.47 Å². The molecule has 1 rings (SSSR count). The maximum Gasteiger partial charge on any atom is 0.104 e. The van der Waals surface area contributed by atoms with Gasteiger partial charge in [0, 0.05) is 12.6 Å². The lowest BCUT2D eigenvalue weighted by Gasteiger charge is -2.32. The number of nitriles is 1. The van der Waals surface area contributed by atoms with Gasteiger partial charge in [-0.2, -0.15) is 5.26 Å². The van der Waals surface area contributed by atoms with Crippen LogP contribution in [0.25, 0.3) is 0 Å². The van der Waals surface area contributed by atoms with E-state index in [1.54, 1.807) is 0 Å². The minimum absolute atomic E-state index is 0.302. The maximum atomic E-state index is 9.30. The minimum atomic E-state index is -0.421. The quantitative estimate of drug-likeness (QED) is 0.697. The third-order valence-electron chi connectivity index (χ3n) is 3.93. The summed E-state index contributed by atoms with van der Waals surface area (Å²) in [6.45, 7) is 11.1. The predicted octanol–water partition coefficient (Wildman–Crippen LogP) is 3.41. The Hall–Kier alpha value is -0.630. The first-order valence-corrected chi connectivity index (χ1v) is 8.30. The summed E-state index contributed by atoms with van der Waals surface area (Å²) < 4.78 is 11.7. The highest BCUT2D eigenvalue weighted by molar-refractivity contribution is 5.04. The molecule has 0 aliphatic carbocycles. The van der Waals surface area contributed by atoms with E-state index >= 15 is 0 Å². The molecule has 0 spiro atoms. The van der Waals surface area contributed by atoms with Crippen molar-refractivity contribution in [1.82, 2.24) is 5.32 Å². The molecule has 0 aromatic carbocycles. The summed E-state index contributed by atoms with van der Waals surface area (Å²) in [4.78, 5) is 0. The Bertz CT molecular complexity index is 330. The Morgan fingerprint density at radius 1 is 1.29 bits per heavy atom. The van der Waals surface area contributed by atoms with Crippen LogP contribution in [0.15, 0.2) is 0 Å². The van der Waals surface area contributed by atoms with Crippen molar-refractivity contribution in [3.05, 3.63) is 0 Å². The second-order valence-corrected chi connectivity index (χ2v) is 6.92. The van der Waals surface area contributed by atoms with Gasteiger partial charge in [0.1, 0.15) is 5.54 Å². The normalized spacial score (nSPS) is 29.1. The summed E-state index contributed by atoms with van der Waals surface area (Å²) in [5.41, 5.74) is -0.421. The average molecular weight is 296 g/mol. The molecule has 0 bridgehead atoms. The van der Waals surface area contributed by atoms with E-state index in [0.717, 1.165) is 38.7 Å². The van der Waals surface area contributed by atoms with Gasteiger partial charge in [0.15, 0.2) is 0 Å². The van der Waals surface area contributed by atoms with Crippen LogP contribution in [0.5, 0.6) is 0 Å². The van der Waals surface area contributed by atoms with Crippen LogP contribution >= 0.6 is 0 Å². The van der Waals surface area contributed by atoms with E-state index in [0.29, 0.717) is 24.4 Å². The van der Waals surface area contributed by atoms with Gasteiger partial charge in [-0.3, -0.25) is 5.32 Å². The van der Waals surface area contributed by atoms with Crippen molar-refractivity contribution in [2.24, 2.45) is 0 Å². The molecular formula is C17H32N2O2. The van der Waals surface area contributed by atoms with Crippen LogP contribution in [0.4, 0.5) is 0 Å². The highest BCUT2D eigenvalue weighted by Gasteiger charge is 2.25. The van der Waals surface area contributed by atoms with Gasteiger partial charge >= 0.3 is 0 Å². The molecule has 122 valence electrons. The lowest BCUT2D eigenvalue weighted by atomic mass is 9.95. The summed E-state index contributed by atoms with van der Waals surface area (Å²) in [6, 6.07) is 2.72. The lowest BCUT2D eigenvalue weighted by molar-refractivity contribution is -0.102. The molecule has 3 unspecified atom stereocenters. The van der Waals surface area contributed by atoms with Gasteiger partial charge in [0.25, 0.3) is 0 Å². The summed E-state index contributed by atoms with van der Waals surface area (Å²) >= 11 is 0. The number of nitrogens with one attached hydrogen (secondary N) is 1. The first kappa shape index (κ1) is 18.4. The first-order chi connectivity index (χ1) is 9.84. The van der Waals surface area contributed by atoms with Crippen molar-refractivity contribution in [3.8, 4) is 6.07 Å². The largest absolute Gasteiger partial charge is 0.378 e. The average Bonchev–Trinajstić information content (AvgIpc) is 2.36. The van der Waals surface area contributed by atoms with Crippen molar-refractivity contribution in [2.75, 3.05) is 6.61 Å². The Morgan fingerprint density at radius 3 is 2.43 bits per heavy atom. The molecule has 4 nitrogen and oxygen atoms in total. The summed E-state index contributed by atoms with van der Waals surface area (Å²) in [5, 5.41) is 12.6. The first-order valence-electron chi connectivity index (χ1n) is 8.30. The summed E-state index contributed by atoms with van der Waals surface area (Å²) in [5.74, 6) is 0. The molecule has 1 aliphatic heterocycles. The van der Waals surface area contributed by atoms with Crippen LogP contribution in [0.1, 0.15) is 66.7 Å². The molecular weight excluding hydrogens is 264 g/mol. The number of rotatable bonds is 8. The fraction of sp³-hybridized carbons (Fsp3) is 0.941. The molecule has 4 heteroatoms. The molecule has 1 heterocycles. The molecule has 0 amide bonds. The van der Waals surface area contributed by atoms with E-state index in [1.807, 2.05) is 6.92 Å². The van der Waals surface area contributed by atoms with Crippen LogP contribution in [-0.4, -0.2) is 36.5 Å². The Balaban J connectivity index is 2.18. The van der Waals surface area contributed by atoms with Crippen LogP contribution in [0.3, 0.4) is 0 Å². The third kappa shape index (κ3) is 7.26. The molecule has 21 heavy (non-hydrogen) atoms. The van der Waals surface area contributed by atoms with Gasteiger partial charge in [0.05, 0.1) is 24.4 Å². The second-order valence-electron chi connectivity index (χ2n) is 6.92. The standard InChI is InChI=1S/C17H32N2O2/c1-13(2)19-17(5,12-18)8-6-7-9-20-16-10-14(3)21-15(4)11-16/h13-16,19H,6-11H2,1-5H3. The van der Waals surface area contributed by atoms with E-state index in [4.69, 9.17) is 9.47 Å². The SMILES string of the molecule is CC(C)NC(C)(C#N)CCCCOC1CC(C)OC(C)C1. The van der Waals surface area contributed by atoms with E-state index in [2.05, 4.69) is 39.1 Å². The summed E-state index contributed by atoms with van der Waals surface area (Å²) in [7, 11) is 0. The van der Waals surface area contributed by atoms with Crippen LogP contribution in [0, 0.1) is 11.3 Å². The summed E-state index contributed by atoms with van der Waals surface area (Å²) in [6.07, 6.45) is 5.82. The molecule has 1 fully saturated rings. The highest BCUT2D eigenvalue weighted by atomic mass is 16.5. The molecule has 0 aromatic heterocycles. The van der Waals surface area contributed by atoms with Gasteiger partial charge in [-0.15, -0.1) is 0 Å². The number of hydrogen-bond acceptors (Lipinski definition) is 4. The van der Waals surface area contributed by atoms with Gasteiger partial charge in [-0.1, -0.05) is 0 Å². The van der Waals surface area contributed by atoms with E-state index in [1.165, 1.54) is 0 Å². The van der Waals surface area contributed by atoms with Gasteiger partial charge in [-0.05, 0) is 66.7 Å². The van der Waals surface area contributed by atoms with Crippen molar-refractivity contribution in [1.29, 1.82) is 5.26 Å². The number of nitrogens with zero attached hydrogens (tertiary/aromatic N) is 1. The highest BCUT2D eigenvalue weighted by Crippen LogP contribution is 2.22. The molecule has 1 N–H and O–H groups in total.